The van der Waals surface area contributed by atoms with E-state index in [0.29, 0.717) is 30.8 Å². The van der Waals surface area contributed by atoms with E-state index in [1.54, 1.807) is 0 Å². The smallest absolute Gasteiger partial charge is 0.226 e. The zero-order chi connectivity index (χ0) is 14.5. The van der Waals surface area contributed by atoms with Crippen molar-refractivity contribution in [2.75, 3.05) is 13.2 Å². The molecule has 0 aliphatic carbocycles. The highest BCUT2D eigenvalue weighted by Gasteiger charge is 2.31. The first-order valence-electron chi connectivity index (χ1n) is 7.02. The van der Waals surface area contributed by atoms with Gasteiger partial charge in [0, 0.05) is 13.0 Å². The summed E-state index contributed by atoms with van der Waals surface area (Å²) >= 11 is 0. The maximum Gasteiger partial charge on any atom is 0.226 e. The number of nitrogens with zero attached hydrogens (tertiary/aromatic N) is 2. The van der Waals surface area contributed by atoms with Gasteiger partial charge in [0.2, 0.25) is 11.7 Å². The molecule has 5 nitrogen and oxygen atoms in total. The Balaban J connectivity index is 2.70. The van der Waals surface area contributed by atoms with E-state index >= 15 is 0 Å². The van der Waals surface area contributed by atoms with Crippen LogP contribution in [0.15, 0.2) is 4.52 Å². The van der Waals surface area contributed by atoms with E-state index in [-0.39, 0.29) is 11.5 Å². The summed E-state index contributed by atoms with van der Waals surface area (Å²) in [4.78, 5) is 4.46. The summed E-state index contributed by atoms with van der Waals surface area (Å²) < 4.78 is 11.0. The largest absolute Gasteiger partial charge is 0.370 e. The van der Waals surface area contributed by atoms with Crippen LogP contribution in [0.25, 0.3) is 0 Å². The molecule has 0 spiro atoms. The molecular formula is C14H27N3O2. The number of aryl methyl sites for hydroxylation is 1. The molecule has 5 heteroatoms. The van der Waals surface area contributed by atoms with E-state index < -0.39 is 0 Å². The zero-order valence-electron chi connectivity index (χ0n) is 12.8. The summed E-state index contributed by atoms with van der Waals surface area (Å²) in [7, 11) is 0. The van der Waals surface area contributed by atoms with Crippen LogP contribution in [-0.4, -0.2) is 23.3 Å². The van der Waals surface area contributed by atoms with E-state index in [0.717, 1.165) is 12.8 Å². The summed E-state index contributed by atoms with van der Waals surface area (Å²) in [5.41, 5.74) is 5.55. The summed E-state index contributed by atoms with van der Waals surface area (Å²) in [5.74, 6) is 1.79. The van der Waals surface area contributed by atoms with Gasteiger partial charge < -0.3 is 15.0 Å². The van der Waals surface area contributed by atoms with Crippen molar-refractivity contribution in [1.29, 1.82) is 0 Å². The molecule has 0 saturated carbocycles. The van der Waals surface area contributed by atoms with Crippen LogP contribution >= 0.6 is 0 Å². The fourth-order valence-corrected chi connectivity index (χ4v) is 1.84. The van der Waals surface area contributed by atoms with Gasteiger partial charge in [-0.05, 0) is 31.2 Å². The van der Waals surface area contributed by atoms with Crippen molar-refractivity contribution in [2.24, 2.45) is 17.1 Å². The zero-order valence-corrected chi connectivity index (χ0v) is 12.8. The first-order chi connectivity index (χ1) is 8.88. The molecule has 2 N–H and O–H groups in total. The van der Waals surface area contributed by atoms with Gasteiger partial charge >= 0.3 is 0 Å². The molecule has 0 saturated heterocycles. The molecular weight excluding hydrogens is 242 g/mol. The minimum atomic E-state index is -0.137. The Morgan fingerprint density at radius 3 is 2.58 bits per heavy atom. The lowest BCUT2D eigenvalue weighted by atomic mass is 9.88. The summed E-state index contributed by atoms with van der Waals surface area (Å²) in [6, 6.07) is 0. The van der Waals surface area contributed by atoms with E-state index in [1.807, 2.05) is 6.92 Å². The number of hydrogen-bond acceptors (Lipinski definition) is 5. The van der Waals surface area contributed by atoms with Crippen molar-refractivity contribution in [3.05, 3.63) is 11.7 Å². The van der Waals surface area contributed by atoms with Crippen molar-refractivity contribution in [2.45, 2.75) is 53.6 Å². The maximum atomic E-state index is 5.75. The predicted octanol–water partition coefficient (Wildman–Crippen LogP) is 2.72. The number of aromatic nitrogens is 2. The van der Waals surface area contributed by atoms with Gasteiger partial charge in [-0.25, -0.2) is 0 Å². The second-order valence-corrected chi connectivity index (χ2v) is 6.13. The molecule has 0 aliphatic heterocycles. The third kappa shape index (κ3) is 4.91. The highest BCUT2D eigenvalue weighted by atomic mass is 16.5. The summed E-state index contributed by atoms with van der Waals surface area (Å²) in [6.07, 6.45) is 1.60. The highest BCUT2D eigenvalue weighted by molar-refractivity contribution is 4.96. The molecule has 0 fully saturated rings. The van der Waals surface area contributed by atoms with Gasteiger partial charge in [-0.3, -0.25) is 0 Å². The molecule has 0 bridgehead atoms. The second kappa shape index (κ2) is 7.01. The van der Waals surface area contributed by atoms with Gasteiger partial charge in [-0.1, -0.05) is 32.9 Å². The monoisotopic (exact) mass is 269 g/mol. The van der Waals surface area contributed by atoms with Crippen LogP contribution in [0, 0.1) is 11.3 Å². The normalized spacial score (nSPS) is 15.5. The molecule has 0 amide bonds. The van der Waals surface area contributed by atoms with Crippen molar-refractivity contribution in [3.8, 4) is 0 Å². The molecule has 0 radical (unpaired) electrons. The van der Waals surface area contributed by atoms with Crippen LogP contribution in [0.3, 0.4) is 0 Å². The van der Waals surface area contributed by atoms with Crippen molar-refractivity contribution >= 4 is 0 Å². The van der Waals surface area contributed by atoms with Gasteiger partial charge in [0.05, 0.1) is 0 Å². The molecule has 0 aliphatic rings. The van der Waals surface area contributed by atoms with Crippen LogP contribution in [-0.2, 0) is 11.2 Å². The summed E-state index contributed by atoms with van der Waals surface area (Å²) in [5, 5.41) is 4.06. The average Bonchev–Trinajstić information content (AvgIpc) is 2.79. The highest BCUT2D eigenvalue weighted by Crippen LogP contribution is 2.34. The van der Waals surface area contributed by atoms with Crippen molar-refractivity contribution in [3.63, 3.8) is 0 Å². The molecule has 1 aromatic rings. The molecule has 110 valence electrons. The fourth-order valence-electron chi connectivity index (χ4n) is 1.84. The van der Waals surface area contributed by atoms with Crippen LogP contribution < -0.4 is 5.73 Å². The lowest BCUT2D eigenvalue weighted by Crippen LogP contribution is -2.22. The Hall–Kier alpha value is -0.940. The van der Waals surface area contributed by atoms with Gasteiger partial charge in [-0.15, -0.1) is 0 Å². The van der Waals surface area contributed by atoms with Gasteiger partial charge in [0.25, 0.3) is 0 Å². The van der Waals surface area contributed by atoms with E-state index in [4.69, 9.17) is 15.0 Å². The SMILES string of the molecule is CCOC(c1noc(CCC(C)CN)n1)C(C)(C)C. The van der Waals surface area contributed by atoms with Crippen LogP contribution in [0.5, 0.6) is 0 Å². The minimum Gasteiger partial charge on any atom is -0.370 e. The standard InChI is InChI=1S/C14H27N3O2/c1-6-18-12(14(3,4)5)13-16-11(19-17-13)8-7-10(2)9-15/h10,12H,6-9,15H2,1-5H3. The lowest BCUT2D eigenvalue weighted by molar-refractivity contribution is -0.0203. The predicted molar refractivity (Wildman–Crippen MR) is 74.7 cm³/mol. The van der Waals surface area contributed by atoms with Crippen molar-refractivity contribution in [1.82, 2.24) is 10.1 Å². The molecule has 1 heterocycles. The first-order valence-corrected chi connectivity index (χ1v) is 7.02. The van der Waals surface area contributed by atoms with E-state index in [9.17, 15) is 0 Å². The van der Waals surface area contributed by atoms with Crippen molar-refractivity contribution < 1.29 is 9.26 Å². The number of ether oxygens (including phenoxy) is 1. The molecule has 1 aromatic heterocycles. The number of nitrogens with two attached hydrogens (primary N) is 1. The third-order valence-corrected chi connectivity index (χ3v) is 3.09. The average molecular weight is 269 g/mol. The Morgan fingerprint density at radius 1 is 1.37 bits per heavy atom. The lowest BCUT2D eigenvalue weighted by Gasteiger charge is -2.27. The van der Waals surface area contributed by atoms with Gasteiger partial charge in [0.1, 0.15) is 6.10 Å². The Labute approximate surface area is 115 Å². The minimum absolute atomic E-state index is 0.0539. The fraction of sp³-hybridized carbons (Fsp3) is 0.857. The van der Waals surface area contributed by atoms with E-state index in [1.165, 1.54) is 0 Å². The summed E-state index contributed by atoms with van der Waals surface area (Å²) in [6.45, 7) is 11.7. The number of rotatable bonds is 7. The maximum absolute atomic E-state index is 5.75. The second-order valence-electron chi connectivity index (χ2n) is 6.13. The molecule has 1 rings (SSSR count). The molecule has 2 unspecified atom stereocenters. The third-order valence-electron chi connectivity index (χ3n) is 3.09. The van der Waals surface area contributed by atoms with Crippen LogP contribution in [0.1, 0.15) is 58.9 Å². The van der Waals surface area contributed by atoms with Gasteiger partial charge in [0.15, 0.2) is 0 Å². The molecule has 0 aromatic carbocycles. The molecule has 19 heavy (non-hydrogen) atoms. The Bertz CT molecular complexity index is 371. The quantitative estimate of drug-likeness (QED) is 0.823. The number of hydrogen-bond donors (Lipinski definition) is 1. The Kier molecular flexibility index (Phi) is 5.94. The topological polar surface area (TPSA) is 74.2 Å². The first kappa shape index (κ1) is 16.1. The van der Waals surface area contributed by atoms with Gasteiger partial charge in [-0.2, -0.15) is 4.98 Å². The van der Waals surface area contributed by atoms with E-state index in [2.05, 4.69) is 37.8 Å². The Morgan fingerprint density at radius 2 is 2.05 bits per heavy atom. The van der Waals surface area contributed by atoms with Crippen LogP contribution in [0.2, 0.25) is 0 Å². The molecule has 2 atom stereocenters. The van der Waals surface area contributed by atoms with Crippen LogP contribution in [0.4, 0.5) is 0 Å².